The minimum Gasteiger partial charge on any atom is -0.308 e. The quantitative estimate of drug-likeness (QED) is 0.912. The standard InChI is InChI=1S/C17H24FN3/c1-6-13-10-15(21(7-2)20-13)17(19-5)16-12(4)8-11(3)9-14(16)18/h8-10,17,19H,6-7H2,1-5H3. The Labute approximate surface area is 126 Å². The molecule has 0 bridgehead atoms. The number of rotatable bonds is 5. The van der Waals surface area contributed by atoms with Crippen molar-refractivity contribution < 1.29 is 4.39 Å². The molecule has 1 heterocycles. The predicted octanol–water partition coefficient (Wildman–Crippen LogP) is 3.53. The molecule has 0 aliphatic carbocycles. The van der Waals surface area contributed by atoms with Crippen LogP contribution in [0.1, 0.15) is 48.0 Å². The first-order chi connectivity index (χ1) is 10.0. The lowest BCUT2D eigenvalue weighted by Crippen LogP contribution is -2.23. The molecule has 0 aliphatic rings. The van der Waals surface area contributed by atoms with Gasteiger partial charge in [-0.1, -0.05) is 13.0 Å². The summed E-state index contributed by atoms with van der Waals surface area (Å²) in [5, 5.41) is 7.82. The highest BCUT2D eigenvalue weighted by Gasteiger charge is 2.23. The maximum atomic E-state index is 14.5. The van der Waals surface area contributed by atoms with Crippen molar-refractivity contribution >= 4 is 0 Å². The third-order valence-corrected chi connectivity index (χ3v) is 3.88. The average Bonchev–Trinajstić information content (AvgIpc) is 2.85. The van der Waals surface area contributed by atoms with Gasteiger partial charge in [0.25, 0.3) is 0 Å². The third kappa shape index (κ3) is 3.00. The summed E-state index contributed by atoms with van der Waals surface area (Å²) < 4.78 is 16.4. The Morgan fingerprint density at radius 1 is 1.24 bits per heavy atom. The van der Waals surface area contributed by atoms with Crippen LogP contribution in [0.4, 0.5) is 4.39 Å². The van der Waals surface area contributed by atoms with Crippen LogP contribution < -0.4 is 5.32 Å². The van der Waals surface area contributed by atoms with Gasteiger partial charge in [0, 0.05) is 12.1 Å². The zero-order chi connectivity index (χ0) is 15.6. The maximum Gasteiger partial charge on any atom is 0.128 e. The molecule has 3 nitrogen and oxygen atoms in total. The molecule has 2 aromatic rings. The molecule has 1 atom stereocenters. The number of nitrogens with one attached hydrogen (secondary N) is 1. The fourth-order valence-electron chi connectivity index (χ4n) is 2.88. The molecule has 1 N–H and O–H groups in total. The molecule has 114 valence electrons. The van der Waals surface area contributed by atoms with Gasteiger partial charge in [0.1, 0.15) is 5.82 Å². The zero-order valence-corrected chi connectivity index (χ0v) is 13.5. The van der Waals surface area contributed by atoms with E-state index in [1.807, 2.05) is 31.6 Å². The van der Waals surface area contributed by atoms with Crippen molar-refractivity contribution in [2.45, 2.75) is 46.7 Å². The van der Waals surface area contributed by atoms with Gasteiger partial charge in [-0.25, -0.2) is 4.39 Å². The van der Waals surface area contributed by atoms with Crippen LogP contribution >= 0.6 is 0 Å². The zero-order valence-electron chi connectivity index (χ0n) is 13.5. The Morgan fingerprint density at radius 2 is 1.95 bits per heavy atom. The van der Waals surface area contributed by atoms with Crippen molar-refractivity contribution in [1.29, 1.82) is 0 Å². The summed E-state index contributed by atoms with van der Waals surface area (Å²) in [6.45, 7) is 8.79. The molecule has 21 heavy (non-hydrogen) atoms. The van der Waals surface area contributed by atoms with E-state index in [0.717, 1.165) is 35.5 Å². The average molecular weight is 289 g/mol. The van der Waals surface area contributed by atoms with Gasteiger partial charge in [0.2, 0.25) is 0 Å². The molecule has 0 fully saturated rings. The SMILES string of the molecule is CCc1cc(C(NC)c2c(C)cc(C)cc2F)n(CC)n1. The highest BCUT2D eigenvalue weighted by molar-refractivity contribution is 5.38. The minimum atomic E-state index is -0.182. The maximum absolute atomic E-state index is 14.5. The third-order valence-electron chi connectivity index (χ3n) is 3.88. The molecule has 1 unspecified atom stereocenters. The van der Waals surface area contributed by atoms with Crippen LogP contribution in [0.25, 0.3) is 0 Å². The lowest BCUT2D eigenvalue weighted by molar-refractivity contribution is 0.529. The normalized spacial score (nSPS) is 12.7. The van der Waals surface area contributed by atoms with Crippen molar-refractivity contribution in [3.63, 3.8) is 0 Å². The van der Waals surface area contributed by atoms with E-state index >= 15 is 0 Å². The van der Waals surface area contributed by atoms with E-state index in [9.17, 15) is 4.39 Å². The van der Waals surface area contributed by atoms with E-state index in [0.29, 0.717) is 5.56 Å². The second kappa shape index (κ2) is 6.39. The topological polar surface area (TPSA) is 29.9 Å². The number of nitrogens with zero attached hydrogens (tertiary/aromatic N) is 2. The van der Waals surface area contributed by atoms with Crippen molar-refractivity contribution in [2.75, 3.05) is 7.05 Å². The molecule has 4 heteroatoms. The molecular formula is C17H24FN3. The van der Waals surface area contributed by atoms with Crippen LogP contribution in [0.3, 0.4) is 0 Å². The molecular weight excluding hydrogens is 265 g/mol. The van der Waals surface area contributed by atoms with Crippen molar-refractivity contribution in [3.8, 4) is 0 Å². The number of hydrogen-bond donors (Lipinski definition) is 1. The highest BCUT2D eigenvalue weighted by atomic mass is 19.1. The van der Waals surface area contributed by atoms with E-state index in [4.69, 9.17) is 0 Å². The number of benzene rings is 1. The lowest BCUT2D eigenvalue weighted by atomic mass is 9.96. The fraction of sp³-hybridized carbons (Fsp3) is 0.471. The molecule has 0 aliphatic heterocycles. The van der Waals surface area contributed by atoms with Gasteiger partial charge in [-0.05, 0) is 57.5 Å². The van der Waals surface area contributed by atoms with E-state index in [2.05, 4.69) is 30.3 Å². The van der Waals surface area contributed by atoms with Gasteiger partial charge < -0.3 is 5.32 Å². The number of hydrogen-bond acceptors (Lipinski definition) is 2. The van der Waals surface area contributed by atoms with E-state index in [-0.39, 0.29) is 11.9 Å². The highest BCUT2D eigenvalue weighted by Crippen LogP contribution is 2.28. The summed E-state index contributed by atoms with van der Waals surface area (Å²) in [6, 6.07) is 5.51. The van der Waals surface area contributed by atoms with Crippen molar-refractivity contribution in [3.05, 3.63) is 52.1 Å². The van der Waals surface area contributed by atoms with Gasteiger partial charge in [-0.15, -0.1) is 0 Å². The Hall–Kier alpha value is -1.68. The summed E-state index contributed by atoms with van der Waals surface area (Å²) in [5.74, 6) is -0.159. The molecule has 2 rings (SSSR count). The Morgan fingerprint density at radius 3 is 2.48 bits per heavy atom. The van der Waals surface area contributed by atoms with Crippen LogP contribution in [-0.2, 0) is 13.0 Å². The first kappa shape index (κ1) is 15.7. The molecule has 0 radical (unpaired) electrons. The molecule has 0 spiro atoms. The molecule has 0 amide bonds. The smallest absolute Gasteiger partial charge is 0.128 e. The van der Waals surface area contributed by atoms with Crippen molar-refractivity contribution in [2.24, 2.45) is 0 Å². The van der Waals surface area contributed by atoms with Gasteiger partial charge >= 0.3 is 0 Å². The van der Waals surface area contributed by atoms with E-state index < -0.39 is 0 Å². The Kier molecular flexibility index (Phi) is 4.78. The summed E-state index contributed by atoms with van der Waals surface area (Å²) in [4.78, 5) is 0. The minimum absolute atomic E-state index is 0.159. The Balaban J connectivity index is 2.57. The molecule has 0 saturated carbocycles. The van der Waals surface area contributed by atoms with E-state index in [1.54, 1.807) is 6.07 Å². The second-order valence-electron chi connectivity index (χ2n) is 5.43. The number of aromatic nitrogens is 2. The summed E-state index contributed by atoms with van der Waals surface area (Å²) in [7, 11) is 1.86. The lowest BCUT2D eigenvalue weighted by Gasteiger charge is -2.21. The molecule has 1 aromatic carbocycles. The van der Waals surface area contributed by atoms with Crippen LogP contribution in [-0.4, -0.2) is 16.8 Å². The summed E-state index contributed by atoms with van der Waals surface area (Å²) >= 11 is 0. The molecule has 1 aromatic heterocycles. The largest absolute Gasteiger partial charge is 0.308 e. The van der Waals surface area contributed by atoms with Gasteiger partial charge in [0.05, 0.1) is 17.4 Å². The molecule has 0 saturated heterocycles. The predicted molar refractivity (Wildman–Crippen MR) is 84.1 cm³/mol. The first-order valence-electron chi connectivity index (χ1n) is 7.52. The van der Waals surface area contributed by atoms with Gasteiger partial charge in [0.15, 0.2) is 0 Å². The van der Waals surface area contributed by atoms with Gasteiger partial charge in [-0.3, -0.25) is 4.68 Å². The van der Waals surface area contributed by atoms with Crippen LogP contribution in [0.5, 0.6) is 0 Å². The summed E-state index contributed by atoms with van der Waals surface area (Å²) in [6.07, 6.45) is 0.881. The van der Waals surface area contributed by atoms with Crippen LogP contribution in [0, 0.1) is 19.7 Å². The summed E-state index contributed by atoms with van der Waals surface area (Å²) in [5.41, 5.74) is 4.68. The number of aryl methyl sites for hydroxylation is 4. The first-order valence-corrected chi connectivity index (χ1v) is 7.52. The number of halogens is 1. The van der Waals surface area contributed by atoms with Crippen LogP contribution in [0.15, 0.2) is 18.2 Å². The van der Waals surface area contributed by atoms with E-state index in [1.165, 1.54) is 0 Å². The van der Waals surface area contributed by atoms with Crippen LogP contribution in [0.2, 0.25) is 0 Å². The van der Waals surface area contributed by atoms with Crippen molar-refractivity contribution in [1.82, 2.24) is 15.1 Å². The monoisotopic (exact) mass is 289 g/mol. The fourth-order valence-corrected chi connectivity index (χ4v) is 2.88. The van der Waals surface area contributed by atoms with Gasteiger partial charge in [-0.2, -0.15) is 5.10 Å². The second-order valence-corrected chi connectivity index (χ2v) is 5.43. The Bertz CT molecular complexity index is 608.